The minimum Gasteiger partial charge on any atom is -0.466 e. The number of esters is 1. The van der Waals surface area contributed by atoms with Gasteiger partial charge in [0, 0.05) is 12.8 Å². The lowest BCUT2D eigenvalue weighted by Gasteiger charge is -2.40. The van der Waals surface area contributed by atoms with Crippen LogP contribution in [-0.4, -0.2) is 100 Å². The number of allylic oxidation sites excluding steroid dienone is 5. The van der Waals surface area contributed by atoms with Gasteiger partial charge in [0.15, 0.2) is 6.29 Å². The van der Waals surface area contributed by atoms with E-state index in [0.29, 0.717) is 19.4 Å². The molecule has 0 aliphatic carbocycles. The van der Waals surface area contributed by atoms with Crippen molar-refractivity contribution < 1.29 is 49.3 Å². The minimum atomic E-state index is -1.57. The molecule has 1 aliphatic heterocycles. The number of aliphatic hydroxyl groups excluding tert-OH is 5. The molecule has 0 spiro atoms. The molecule has 0 aromatic rings. The van der Waals surface area contributed by atoms with Gasteiger partial charge in [0.1, 0.15) is 24.4 Å². The molecule has 72 heavy (non-hydrogen) atoms. The fraction of sp³-hybridized carbons (Fsp3) is 0.869. The third-order valence-electron chi connectivity index (χ3n) is 14.2. The summed E-state index contributed by atoms with van der Waals surface area (Å²) >= 11 is 0. The highest BCUT2D eigenvalue weighted by Crippen LogP contribution is 2.23. The molecule has 1 aliphatic rings. The molecule has 0 aromatic carbocycles. The Balaban J connectivity index is 2.03. The Bertz CT molecular complexity index is 1290. The zero-order valence-electron chi connectivity index (χ0n) is 46.4. The number of hydrogen-bond acceptors (Lipinski definition) is 10. The van der Waals surface area contributed by atoms with Gasteiger partial charge in [0.05, 0.1) is 32.0 Å². The van der Waals surface area contributed by atoms with E-state index in [-0.39, 0.29) is 18.5 Å². The lowest BCUT2D eigenvalue weighted by atomic mass is 9.99. The summed E-state index contributed by atoms with van der Waals surface area (Å²) < 4.78 is 16.7. The second-order valence-electron chi connectivity index (χ2n) is 21.0. The van der Waals surface area contributed by atoms with Crippen molar-refractivity contribution in [1.29, 1.82) is 0 Å². The van der Waals surface area contributed by atoms with Crippen LogP contribution in [0.4, 0.5) is 0 Å². The number of aliphatic hydroxyl groups is 5. The molecular formula is C61H113NO10. The summed E-state index contributed by atoms with van der Waals surface area (Å²) in [6.07, 6.45) is 52.5. The summed E-state index contributed by atoms with van der Waals surface area (Å²) in [6, 6.07) is -0.818. The molecule has 11 nitrogen and oxygen atoms in total. The molecule has 1 saturated heterocycles. The van der Waals surface area contributed by atoms with Gasteiger partial charge in [-0.3, -0.25) is 9.59 Å². The van der Waals surface area contributed by atoms with E-state index in [2.05, 4.69) is 43.5 Å². The SMILES string of the molecule is CCCCCCCCC/C=C\CCCCCCCCCC(=O)OCCCCCCCC/C=C\CCCCCCCCCC(=O)NC(COC1OC(CO)C(O)C(O)C1O)C(O)/C=C/CCCCCCCCC. The van der Waals surface area contributed by atoms with Crippen molar-refractivity contribution in [2.45, 2.75) is 320 Å². The van der Waals surface area contributed by atoms with Gasteiger partial charge in [-0.05, 0) is 83.5 Å². The highest BCUT2D eigenvalue weighted by molar-refractivity contribution is 5.76. The summed E-state index contributed by atoms with van der Waals surface area (Å²) in [5.41, 5.74) is 0. The molecule has 1 amide bonds. The van der Waals surface area contributed by atoms with Gasteiger partial charge in [0.2, 0.25) is 5.91 Å². The van der Waals surface area contributed by atoms with Gasteiger partial charge < -0.3 is 45.1 Å². The van der Waals surface area contributed by atoms with E-state index in [4.69, 9.17) is 14.2 Å². The number of carbonyl (C=O) groups excluding carboxylic acids is 2. The zero-order valence-corrected chi connectivity index (χ0v) is 46.4. The average molecular weight is 1020 g/mol. The minimum absolute atomic E-state index is 0.0219. The number of hydrogen-bond donors (Lipinski definition) is 6. The summed E-state index contributed by atoms with van der Waals surface area (Å²) in [5, 5.41) is 54.2. The first-order valence-electron chi connectivity index (χ1n) is 30.3. The first kappa shape index (κ1) is 67.9. The number of carbonyl (C=O) groups is 2. The lowest BCUT2D eigenvalue weighted by molar-refractivity contribution is -0.302. The Labute approximate surface area is 441 Å². The summed E-state index contributed by atoms with van der Waals surface area (Å²) in [6.45, 7) is 4.28. The molecule has 11 heteroatoms. The topological polar surface area (TPSA) is 175 Å². The monoisotopic (exact) mass is 1020 g/mol. The van der Waals surface area contributed by atoms with Crippen LogP contribution in [0.1, 0.15) is 277 Å². The highest BCUT2D eigenvalue weighted by Gasteiger charge is 2.44. The van der Waals surface area contributed by atoms with Crippen molar-refractivity contribution in [2.75, 3.05) is 19.8 Å². The average Bonchev–Trinajstić information content (AvgIpc) is 3.38. The third kappa shape index (κ3) is 40.2. The molecule has 1 fully saturated rings. The maximum absolute atomic E-state index is 13.0. The van der Waals surface area contributed by atoms with Gasteiger partial charge in [-0.25, -0.2) is 0 Å². The van der Waals surface area contributed by atoms with Crippen LogP contribution in [0.15, 0.2) is 36.5 Å². The maximum Gasteiger partial charge on any atom is 0.305 e. The fourth-order valence-corrected chi connectivity index (χ4v) is 9.36. The second-order valence-corrected chi connectivity index (χ2v) is 21.0. The normalized spacial score (nSPS) is 19.2. The highest BCUT2D eigenvalue weighted by atomic mass is 16.7. The third-order valence-corrected chi connectivity index (χ3v) is 14.2. The number of amides is 1. The molecule has 0 radical (unpaired) electrons. The molecule has 7 atom stereocenters. The van der Waals surface area contributed by atoms with E-state index in [0.717, 1.165) is 83.5 Å². The molecule has 422 valence electrons. The largest absolute Gasteiger partial charge is 0.466 e. The summed E-state index contributed by atoms with van der Waals surface area (Å²) in [7, 11) is 0. The van der Waals surface area contributed by atoms with Crippen LogP contribution < -0.4 is 5.32 Å². The van der Waals surface area contributed by atoms with E-state index < -0.39 is 49.5 Å². The van der Waals surface area contributed by atoms with Crippen molar-refractivity contribution in [1.82, 2.24) is 5.32 Å². The summed E-state index contributed by atoms with van der Waals surface area (Å²) in [4.78, 5) is 25.1. The second kappa shape index (κ2) is 51.0. The van der Waals surface area contributed by atoms with Gasteiger partial charge in [-0.2, -0.15) is 0 Å². The Kier molecular flexibility index (Phi) is 48.1. The predicted molar refractivity (Wildman–Crippen MR) is 297 cm³/mol. The zero-order chi connectivity index (χ0) is 52.4. The van der Waals surface area contributed by atoms with E-state index in [9.17, 15) is 35.1 Å². The molecule has 1 heterocycles. The van der Waals surface area contributed by atoms with Crippen molar-refractivity contribution in [3.8, 4) is 0 Å². The van der Waals surface area contributed by atoms with E-state index in [1.54, 1.807) is 6.08 Å². The first-order valence-corrected chi connectivity index (χ1v) is 30.3. The lowest BCUT2D eigenvalue weighted by Crippen LogP contribution is -2.60. The maximum atomic E-state index is 13.0. The van der Waals surface area contributed by atoms with Gasteiger partial charge in [0.25, 0.3) is 0 Å². The Hall–Kier alpha value is -2.12. The van der Waals surface area contributed by atoms with Crippen molar-refractivity contribution in [3.05, 3.63) is 36.5 Å². The predicted octanol–water partition coefficient (Wildman–Crippen LogP) is 13.9. The molecule has 7 unspecified atom stereocenters. The standard InChI is InChI=1S/C61H113NO10/c1-3-5-7-9-11-13-14-15-16-17-20-23-26-29-33-37-41-45-49-57(66)70-50-46-42-38-34-30-27-24-21-18-19-22-25-28-32-36-40-44-48-56(65)62-53(54(64)47-43-39-35-31-12-10-8-6-4-2)52-71-61-60(69)59(68)58(67)55(51-63)72-61/h16-18,21,43,47,53-55,58-61,63-64,67-69H,3-15,19-20,22-42,44-46,48-52H2,1-2H3,(H,62,65)/b17-16-,21-18-,47-43+. The molecule has 6 N–H and O–H groups in total. The van der Waals surface area contributed by atoms with Crippen LogP contribution >= 0.6 is 0 Å². The van der Waals surface area contributed by atoms with Gasteiger partial charge >= 0.3 is 5.97 Å². The fourth-order valence-electron chi connectivity index (χ4n) is 9.36. The molecule has 1 rings (SSSR count). The van der Waals surface area contributed by atoms with E-state index in [1.165, 1.54) is 167 Å². The van der Waals surface area contributed by atoms with Crippen LogP contribution in [0.25, 0.3) is 0 Å². The smallest absolute Gasteiger partial charge is 0.305 e. The van der Waals surface area contributed by atoms with Crippen LogP contribution in [-0.2, 0) is 23.8 Å². The molecule has 0 saturated carbocycles. The number of rotatable bonds is 52. The molecule has 0 aromatic heterocycles. The Morgan fingerprint density at radius 1 is 0.500 bits per heavy atom. The van der Waals surface area contributed by atoms with Crippen LogP contribution in [0.3, 0.4) is 0 Å². The van der Waals surface area contributed by atoms with Gasteiger partial charge in [-0.15, -0.1) is 0 Å². The number of nitrogens with one attached hydrogen (secondary N) is 1. The molecular weight excluding hydrogens is 907 g/mol. The van der Waals surface area contributed by atoms with Crippen LogP contribution in [0.2, 0.25) is 0 Å². The van der Waals surface area contributed by atoms with E-state index in [1.807, 2.05) is 6.08 Å². The Morgan fingerprint density at radius 3 is 1.33 bits per heavy atom. The van der Waals surface area contributed by atoms with Crippen LogP contribution in [0, 0.1) is 0 Å². The van der Waals surface area contributed by atoms with Crippen molar-refractivity contribution >= 4 is 11.9 Å². The summed E-state index contributed by atoms with van der Waals surface area (Å²) in [5.74, 6) is -0.218. The van der Waals surface area contributed by atoms with Crippen molar-refractivity contribution in [3.63, 3.8) is 0 Å². The van der Waals surface area contributed by atoms with E-state index >= 15 is 0 Å². The number of unbranched alkanes of at least 4 members (excludes halogenated alkanes) is 34. The van der Waals surface area contributed by atoms with Crippen molar-refractivity contribution in [2.24, 2.45) is 0 Å². The van der Waals surface area contributed by atoms with Gasteiger partial charge in [-0.1, -0.05) is 217 Å². The molecule has 0 bridgehead atoms. The Morgan fingerprint density at radius 2 is 0.889 bits per heavy atom. The number of ether oxygens (including phenoxy) is 3. The quantitative estimate of drug-likeness (QED) is 0.0195. The first-order chi connectivity index (χ1) is 35.2. The van der Waals surface area contributed by atoms with Crippen LogP contribution in [0.5, 0.6) is 0 Å².